The predicted molar refractivity (Wildman–Crippen MR) is 53.4 cm³/mol. The van der Waals surface area contributed by atoms with Crippen molar-refractivity contribution in [2.75, 3.05) is 0 Å². The van der Waals surface area contributed by atoms with E-state index in [1.165, 1.54) is 6.20 Å². The van der Waals surface area contributed by atoms with Crippen molar-refractivity contribution in [3.05, 3.63) is 36.4 Å². The van der Waals surface area contributed by atoms with Gasteiger partial charge in [0.15, 0.2) is 0 Å². The average molecular weight is 236 g/mol. The predicted octanol–water partition coefficient (Wildman–Crippen LogP) is 2.32. The molecule has 0 saturated carbocycles. The highest BCUT2D eigenvalue weighted by molar-refractivity contribution is 5.74. The van der Waals surface area contributed by atoms with Gasteiger partial charge >= 0.3 is 6.43 Å². The molecule has 0 unspecified atom stereocenters. The molecule has 3 aromatic rings. The summed E-state index contributed by atoms with van der Waals surface area (Å²) < 4.78 is 31.0. The molecule has 3 heterocycles. The van der Waals surface area contributed by atoms with Crippen LogP contribution in [0.3, 0.4) is 0 Å². The minimum atomic E-state index is -2.74. The molecule has 7 heteroatoms. The van der Waals surface area contributed by atoms with Crippen LogP contribution < -0.4 is 0 Å². The SMILES string of the molecule is FC(F)c1noc(-c2cnn3ccccc23)n1. The van der Waals surface area contributed by atoms with Crippen molar-refractivity contribution in [2.24, 2.45) is 0 Å². The van der Waals surface area contributed by atoms with Gasteiger partial charge in [0.2, 0.25) is 5.82 Å². The van der Waals surface area contributed by atoms with Gasteiger partial charge in [0, 0.05) is 6.20 Å². The molecule has 5 nitrogen and oxygen atoms in total. The second-order valence-corrected chi connectivity index (χ2v) is 3.35. The van der Waals surface area contributed by atoms with Gasteiger partial charge in [-0.15, -0.1) is 0 Å². The van der Waals surface area contributed by atoms with Crippen molar-refractivity contribution in [3.8, 4) is 11.5 Å². The van der Waals surface area contributed by atoms with E-state index in [2.05, 4.69) is 15.2 Å². The van der Waals surface area contributed by atoms with Crippen LogP contribution in [-0.2, 0) is 0 Å². The number of pyridine rings is 1. The standard InChI is InChI=1S/C10H6F2N4O/c11-8(12)9-14-10(17-15-9)6-5-13-16-4-2-1-3-7(6)16/h1-5,8H. The Bertz CT molecular complexity index is 661. The Kier molecular flexibility index (Phi) is 2.10. The normalized spacial score (nSPS) is 11.5. The summed E-state index contributed by atoms with van der Waals surface area (Å²) in [4.78, 5) is 3.62. The summed E-state index contributed by atoms with van der Waals surface area (Å²) >= 11 is 0. The van der Waals surface area contributed by atoms with Crippen LogP contribution in [0.25, 0.3) is 17.0 Å². The minimum absolute atomic E-state index is 0.0431. The van der Waals surface area contributed by atoms with E-state index in [0.717, 1.165) is 5.52 Å². The van der Waals surface area contributed by atoms with E-state index in [4.69, 9.17) is 4.52 Å². The highest BCUT2D eigenvalue weighted by atomic mass is 19.3. The molecular weight excluding hydrogens is 230 g/mol. The molecule has 0 aliphatic carbocycles. The van der Waals surface area contributed by atoms with Gasteiger partial charge in [-0.3, -0.25) is 0 Å². The Morgan fingerprint density at radius 3 is 2.94 bits per heavy atom. The smallest absolute Gasteiger partial charge is 0.300 e. The first-order chi connectivity index (χ1) is 8.25. The fraction of sp³-hybridized carbons (Fsp3) is 0.100. The largest absolute Gasteiger partial charge is 0.334 e. The summed E-state index contributed by atoms with van der Waals surface area (Å²) in [6.07, 6.45) is 0.496. The molecule has 0 bridgehead atoms. The van der Waals surface area contributed by atoms with Gasteiger partial charge < -0.3 is 4.52 Å². The first kappa shape index (κ1) is 9.88. The number of halogens is 2. The molecule has 86 valence electrons. The summed E-state index contributed by atoms with van der Waals surface area (Å²) in [7, 11) is 0. The quantitative estimate of drug-likeness (QED) is 0.685. The van der Waals surface area contributed by atoms with Crippen LogP contribution in [0.15, 0.2) is 35.1 Å². The van der Waals surface area contributed by atoms with Gasteiger partial charge in [-0.25, -0.2) is 13.3 Å². The lowest BCUT2D eigenvalue weighted by Crippen LogP contribution is -1.86. The first-order valence-electron chi connectivity index (χ1n) is 4.80. The maximum atomic E-state index is 12.3. The lowest BCUT2D eigenvalue weighted by molar-refractivity contribution is 0.136. The second kappa shape index (κ2) is 3.62. The highest BCUT2D eigenvalue weighted by Gasteiger charge is 2.18. The second-order valence-electron chi connectivity index (χ2n) is 3.35. The Morgan fingerprint density at radius 1 is 1.29 bits per heavy atom. The third kappa shape index (κ3) is 1.55. The highest BCUT2D eigenvalue weighted by Crippen LogP contribution is 2.24. The Balaban J connectivity index is 2.14. The van der Waals surface area contributed by atoms with Crippen LogP contribution in [0, 0.1) is 0 Å². The zero-order valence-electron chi connectivity index (χ0n) is 8.42. The number of hydrogen-bond donors (Lipinski definition) is 0. The number of fused-ring (bicyclic) bond motifs is 1. The third-order valence-electron chi connectivity index (χ3n) is 2.29. The molecule has 0 spiro atoms. The molecule has 0 aliphatic heterocycles. The Hall–Kier alpha value is -2.31. The number of aromatic nitrogens is 4. The Morgan fingerprint density at radius 2 is 2.18 bits per heavy atom. The molecule has 0 aliphatic rings. The topological polar surface area (TPSA) is 56.2 Å². The molecule has 0 atom stereocenters. The maximum Gasteiger partial charge on any atom is 0.300 e. The molecule has 0 amide bonds. The number of alkyl halides is 2. The van der Waals surface area contributed by atoms with Gasteiger partial charge in [-0.1, -0.05) is 11.2 Å². The lowest BCUT2D eigenvalue weighted by atomic mass is 10.2. The van der Waals surface area contributed by atoms with Gasteiger partial charge in [-0.2, -0.15) is 10.1 Å². The van der Waals surface area contributed by atoms with E-state index >= 15 is 0 Å². The Labute approximate surface area is 93.7 Å². The van der Waals surface area contributed by atoms with E-state index in [1.54, 1.807) is 16.8 Å². The van der Waals surface area contributed by atoms with Crippen LogP contribution in [0.4, 0.5) is 8.78 Å². The van der Waals surface area contributed by atoms with Gasteiger partial charge in [0.25, 0.3) is 5.89 Å². The van der Waals surface area contributed by atoms with E-state index in [1.807, 2.05) is 12.1 Å². The van der Waals surface area contributed by atoms with Crippen LogP contribution in [0.2, 0.25) is 0 Å². The molecule has 0 fully saturated rings. The van der Waals surface area contributed by atoms with Gasteiger partial charge in [-0.05, 0) is 12.1 Å². The van der Waals surface area contributed by atoms with Gasteiger partial charge in [0.1, 0.15) is 0 Å². The summed E-state index contributed by atoms with van der Waals surface area (Å²) in [5.41, 5.74) is 1.25. The fourth-order valence-corrected chi connectivity index (χ4v) is 1.53. The monoisotopic (exact) mass is 236 g/mol. The van der Waals surface area contributed by atoms with Crippen molar-refractivity contribution in [2.45, 2.75) is 6.43 Å². The van der Waals surface area contributed by atoms with Crippen molar-refractivity contribution >= 4 is 5.52 Å². The van der Waals surface area contributed by atoms with Crippen LogP contribution >= 0.6 is 0 Å². The van der Waals surface area contributed by atoms with Crippen molar-refractivity contribution in [1.82, 2.24) is 19.8 Å². The molecule has 3 rings (SSSR count). The maximum absolute atomic E-state index is 12.3. The summed E-state index contributed by atoms with van der Waals surface area (Å²) in [6, 6.07) is 5.40. The van der Waals surface area contributed by atoms with Crippen LogP contribution in [-0.4, -0.2) is 19.8 Å². The first-order valence-corrected chi connectivity index (χ1v) is 4.80. The van der Waals surface area contributed by atoms with E-state index < -0.39 is 12.2 Å². The number of hydrogen-bond acceptors (Lipinski definition) is 4. The fourth-order valence-electron chi connectivity index (χ4n) is 1.53. The summed E-state index contributed by atoms with van der Waals surface area (Å²) in [5, 5.41) is 7.26. The number of nitrogens with zero attached hydrogens (tertiary/aromatic N) is 4. The molecule has 0 saturated heterocycles. The van der Waals surface area contributed by atoms with Gasteiger partial charge in [0.05, 0.1) is 17.3 Å². The number of rotatable bonds is 2. The molecule has 17 heavy (non-hydrogen) atoms. The summed E-state index contributed by atoms with van der Waals surface area (Å²) in [6.45, 7) is 0. The van der Waals surface area contributed by atoms with E-state index in [9.17, 15) is 8.78 Å². The zero-order valence-corrected chi connectivity index (χ0v) is 8.42. The van der Waals surface area contributed by atoms with Crippen LogP contribution in [0.1, 0.15) is 12.2 Å². The minimum Gasteiger partial charge on any atom is -0.334 e. The average Bonchev–Trinajstić information content (AvgIpc) is 2.95. The molecule has 0 aromatic carbocycles. The van der Waals surface area contributed by atoms with Crippen molar-refractivity contribution in [1.29, 1.82) is 0 Å². The molecule has 0 N–H and O–H groups in total. The molecule has 3 aromatic heterocycles. The molecule has 0 radical (unpaired) electrons. The van der Waals surface area contributed by atoms with Crippen molar-refractivity contribution < 1.29 is 13.3 Å². The third-order valence-corrected chi connectivity index (χ3v) is 2.29. The van der Waals surface area contributed by atoms with E-state index in [-0.39, 0.29) is 5.89 Å². The molecular formula is C10H6F2N4O. The lowest BCUT2D eigenvalue weighted by Gasteiger charge is -1.92. The zero-order chi connectivity index (χ0) is 11.8. The van der Waals surface area contributed by atoms with Crippen LogP contribution in [0.5, 0.6) is 0 Å². The van der Waals surface area contributed by atoms with Crippen molar-refractivity contribution in [3.63, 3.8) is 0 Å². The van der Waals surface area contributed by atoms with E-state index in [0.29, 0.717) is 5.56 Å². The summed E-state index contributed by atoms with van der Waals surface area (Å²) in [5.74, 6) is -0.572.